The summed E-state index contributed by atoms with van der Waals surface area (Å²) in [6.07, 6.45) is 1.72. The predicted molar refractivity (Wildman–Crippen MR) is 75.2 cm³/mol. The quantitative estimate of drug-likeness (QED) is 0.779. The lowest BCUT2D eigenvalue weighted by molar-refractivity contribution is 0.439. The van der Waals surface area contributed by atoms with Crippen LogP contribution >= 0.6 is 27.3 Å². The third-order valence-electron chi connectivity index (χ3n) is 2.48. The second kappa shape index (κ2) is 4.55. The summed E-state index contributed by atoms with van der Waals surface area (Å²) in [4.78, 5) is 4.29. The van der Waals surface area contributed by atoms with E-state index in [1.165, 1.54) is 0 Å². The number of rotatable bonds is 2. The van der Waals surface area contributed by atoms with Crippen LogP contribution in [0.1, 0.15) is 0 Å². The Labute approximate surface area is 116 Å². The molecule has 0 saturated carbocycles. The van der Waals surface area contributed by atoms with Gasteiger partial charge in [-0.2, -0.15) is 0 Å². The Balaban J connectivity index is 2.18. The molecule has 0 radical (unpaired) electrons. The summed E-state index contributed by atoms with van der Waals surface area (Å²) in [5.41, 5.74) is 9.02. The Morgan fingerprint density at radius 3 is 2.89 bits per heavy atom. The molecule has 3 heterocycles. The Bertz CT molecular complexity index is 678. The van der Waals surface area contributed by atoms with E-state index in [1.54, 1.807) is 17.5 Å². The number of thiophene rings is 1. The molecule has 0 fully saturated rings. The van der Waals surface area contributed by atoms with Crippen molar-refractivity contribution in [3.8, 4) is 22.5 Å². The average molecular weight is 322 g/mol. The van der Waals surface area contributed by atoms with E-state index < -0.39 is 0 Å². The molecule has 3 aromatic heterocycles. The van der Waals surface area contributed by atoms with Gasteiger partial charge in [0, 0.05) is 17.1 Å². The molecule has 3 rings (SSSR count). The van der Waals surface area contributed by atoms with E-state index >= 15 is 0 Å². The molecule has 0 atom stereocenters. The number of nitrogen functional groups attached to an aromatic ring is 1. The molecule has 0 amide bonds. The summed E-state index contributed by atoms with van der Waals surface area (Å²) in [7, 11) is 0. The summed E-state index contributed by atoms with van der Waals surface area (Å²) in [5, 5.41) is 6.02. The minimum Gasteiger partial charge on any atom is -0.367 e. The summed E-state index contributed by atoms with van der Waals surface area (Å²) in [6.45, 7) is 0. The number of hydrogen-bond acceptors (Lipinski definition) is 5. The highest BCUT2D eigenvalue weighted by Crippen LogP contribution is 2.37. The maximum Gasteiger partial charge on any atom is 0.232 e. The molecule has 3 aromatic rings. The molecule has 0 spiro atoms. The topological polar surface area (TPSA) is 64.9 Å². The molecule has 4 nitrogen and oxygen atoms in total. The summed E-state index contributed by atoms with van der Waals surface area (Å²) in [6, 6.07) is 7.62. The van der Waals surface area contributed by atoms with Gasteiger partial charge >= 0.3 is 0 Å². The molecule has 0 unspecified atom stereocenters. The lowest BCUT2D eigenvalue weighted by Gasteiger charge is -1.99. The molecular formula is C12H8BrN3OS. The number of nitrogens with two attached hydrogens (primary N) is 1. The van der Waals surface area contributed by atoms with E-state index in [-0.39, 0.29) is 5.88 Å². The Hall–Kier alpha value is -1.66. The van der Waals surface area contributed by atoms with E-state index in [4.69, 9.17) is 10.3 Å². The molecule has 0 bridgehead atoms. The van der Waals surface area contributed by atoms with Crippen LogP contribution in [0.15, 0.2) is 44.2 Å². The van der Waals surface area contributed by atoms with Crippen LogP contribution in [0.5, 0.6) is 0 Å². The van der Waals surface area contributed by atoms with Crippen molar-refractivity contribution in [3.05, 3.63) is 39.6 Å². The monoisotopic (exact) mass is 321 g/mol. The summed E-state index contributed by atoms with van der Waals surface area (Å²) in [5.74, 6) is 0.283. The molecule has 0 saturated heterocycles. The molecular weight excluding hydrogens is 314 g/mol. The number of hydrogen-bond donors (Lipinski definition) is 1. The first-order valence-corrected chi connectivity index (χ1v) is 6.84. The molecule has 0 aliphatic heterocycles. The minimum atomic E-state index is 0.283. The van der Waals surface area contributed by atoms with Gasteiger partial charge in [-0.25, -0.2) is 0 Å². The first-order valence-electron chi connectivity index (χ1n) is 5.16. The highest BCUT2D eigenvalue weighted by Gasteiger charge is 2.18. The third kappa shape index (κ3) is 1.93. The summed E-state index contributed by atoms with van der Waals surface area (Å²) < 4.78 is 6.12. The zero-order valence-corrected chi connectivity index (χ0v) is 11.5. The van der Waals surface area contributed by atoms with E-state index in [1.807, 2.05) is 29.6 Å². The van der Waals surface area contributed by atoms with E-state index in [0.29, 0.717) is 5.69 Å². The molecule has 90 valence electrons. The standard InChI is InChI=1S/C12H8BrN3OS/c13-9-5-7(6-18-9)11-10(12(14)17-16-11)8-3-1-2-4-15-8/h1-6H,14H2. The Kier molecular flexibility index (Phi) is 2.89. The molecule has 0 aliphatic rings. The van der Waals surface area contributed by atoms with Crippen LogP contribution in [-0.4, -0.2) is 10.1 Å². The van der Waals surface area contributed by atoms with Gasteiger partial charge in [0.25, 0.3) is 0 Å². The van der Waals surface area contributed by atoms with E-state index in [2.05, 4.69) is 26.1 Å². The van der Waals surface area contributed by atoms with Crippen LogP contribution in [0, 0.1) is 0 Å². The average Bonchev–Trinajstić information content (AvgIpc) is 2.96. The van der Waals surface area contributed by atoms with Gasteiger partial charge in [-0.3, -0.25) is 4.98 Å². The molecule has 6 heteroatoms. The van der Waals surface area contributed by atoms with Gasteiger partial charge in [-0.05, 0) is 34.1 Å². The van der Waals surface area contributed by atoms with Gasteiger partial charge in [0.15, 0.2) is 0 Å². The largest absolute Gasteiger partial charge is 0.367 e. The fraction of sp³-hybridized carbons (Fsp3) is 0. The van der Waals surface area contributed by atoms with Crippen LogP contribution < -0.4 is 5.73 Å². The first-order chi connectivity index (χ1) is 8.75. The van der Waals surface area contributed by atoms with Gasteiger partial charge in [0.2, 0.25) is 5.88 Å². The molecule has 18 heavy (non-hydrogen) atoms. The van der Waals surface area contributed by atoms with Crippen LogP contribution in [0.25, 0.3) is 22.5 Å². The number of anilines is 1. The number of nitrogens with zero attached hydrogens (tertiary/aromatic N) is 2. The van der Waals surface area contributed by atoms with Crippen molar-refractivity contribution in [1.82, 2.24) is 10.1 Å². The van der Waals surface area contributed by atoms with Crippen molar-refractivity contribution in [2.75, 3.05) is 5.73 Å². The van der Waals surface area contributed by atoms with Gasteiger partial charge in [0.1, 0.15) is 5.69 Å². The van der Waals surface area contributed by atoms with Crippen LogP contribution in [0.3, 0.4) is 0 Å². The highest BCUT2D eigenvalue weighted by molar-refractivity contribution is 9.11. The number of halogens is 1. The maximum atomic E-state index is 5.84. The summed E-state index contributed by atoms with van der Waals surface area (Å²) >= 11 is 5.02. The van der Waals surface area contributed by atoms with Crippen LogP contribution in [0.4, 0.5) is 5.88 Å². The van der Waals surface area contributed by atoms with Gasteiger partial charge in [0.05, 0.1) is 15.0 Å². The second-order valence-corrected chi connectivity index (χ2v) is 5.92. The van der Waals surface area contributed by atoms with Crippen molar-refractivity contribution in [2.45, 2.75) is 0 Å². The van der Waals surface area contributed by atoms with Crippen LogP contribution in [-0.2, 0) is 0 Å². The number of aromatic nitrogens is 2. The third-order valence-corrected chi connectivity index (χ3v) is 3.98. The molecule has 2 N–H and O–H groups in total. The first kappa shape index (κ1) is 11.4. The smallest absolute Gasteiger partial charge is 0.232 e. The normalized spacial score (nSPS) is 10.7. The van der Waals surface area contributed by atoms with Crippen molar-refractivity contribution in [3.63, 3.8) is 0 Å². The van der Waals surface area contributed by atoms with Gasteiger partial charge in [-0.1, -0.05) is 11.2 Å². The van der Waals surface area contributed by atoms with E-state index in [0.717, 1.165) is 20.6 Å². The minimum absolute atomic E-state index is 0.283. The Morgan fingerprint density at radius 1 is 1.33 bits per heavy atom. The lowest BCUT2D eigenvalue weighted by Crippen LogP contribution is -1.89. The second-order valence-electron chi connectivity index (χ2n) is 3.62. The van der Waals surface area contributed by atoms with Crippen molar-refractivity contribution in [2.24, 2.45) is 0 Å². The van der Waals surface area contributed by atoms with Gasteiger partial charge < -0.3 is 10.3 Å². The Morgan fingerprint density at radius 2 is 2.22 bits per heavy atom. The van der Waals surface area contributed by atoms with Crippen molar-refractivity contribution >= 4 is 33.2 Å². The zero-order chi connectivity index (χ0) is 12.5. The number of pyridine rings is 1. The van der Waals surface area contributed by atoms with Crippen molar-refractivity contribution < 1.29 is 4.52 Å². The van der Waals surface area contributed by atoms with Gasteiger partial charge in [-0.15, -0.1) is 11.3 Å². The molecule has 0 aromatic carbocycles. The highest BCUT2D eigenvalue weighted by atomic mass is 79.9. The fourth-order valence-corrected chi connectivity index (χ4v) is 2.83. The fourth-order valence-electron chi connectivity index (χ4n) is 1.69. The van der Waals surface area contributed by atoms with Crippen LogP contribution in [0.2, 0.25) is 0 Å². The van der Waals surface area contributed by atoms with Crippen molar-refractivity contribution in [1.29, 1.82) is 0 Å². The predicted octanol–water partition coefficient (Wildman–Crippen LogP) is 3.81. The zero-order valence-electron chi connectivity index (χ0n) is 9.13. The SMILES string of the molecule is Nc1onc(-c2csc(Br)c2)c1-c1ccccn1. The lowest BCUT2D eigenvalue weighted by atomic mass is 10.1. The van der Waals surface area contributed by atoms with E-state index in [9.17, 15) is 0 Å². The molecule has 0 aliphatic carbocycles. The maximum absolute atomic E-state index is 5.84.